The first kappa shape index (κ1) is 46.9. The molecule has 3 aromatic heterocycles. The number of piperazine rings is 1. The lowest BCUT2D eigenvalue weighted by molar-refractivity contribution is -0.120. The van der Waals surface area contributed by atoms with Gasteiger partial charge in [0.1, 0.15) is 47.1 Å². The summed E-state index contributed by atoms with van der Waals surface area (Å²) in [6.45, 7) is 4.56. The molecule has 2 amide bonds. The second-order valence-corrected chi connectivity index (χ2v) is 18.9. The van der Waals surface area contributed by atoms with Crippen LogP contribution in [0.15, 0.2) is 40.2 Å². The number of hydrogen-bond acceptors (Lipinski definition) is 20. The van der Waals surface area contributed by atoms with Crippen molar-refractivity contribution < 1.29 is 86.2 Å². The highest BCUT2D eigenvalue weighted by Crippen LogP contribution is 2.66. The molecule has 12 N–H and O–H groups in total. The van der Waals surface area contributed by atoms with Gasteiger partial charge in [0.25, 0.3) is 0 Å². The molecule has 10 atom stereocenters. The number of anilines is 2. The number of carbonyl (C=O) groups is 1. The molecular weight excluding hydrogens is 885 g/mol. The molecule has 31 heteroatoms. The Morgan fingerprint density at radius 3 is 2.18 bits per heavy atom. The molecule has 3 aromatic rings. The average Bonchev–Trinajstić information content (AvgIpc) is 3.53. The Balaban J connectivity index is 0.000000209. The van der Waals surface area contributed by atoms with Crippen molar-refractivity contribution in [1.29, 1.82) is 0 Å². The van der Waals surface area contributed by atoms with E-state index in [1.165, 1.54) is 17.9 Å². The maximum absolute atomic E-state index is 12.6. The van der Waals surface area contributed by atoms with Crippen LogP contribution in [-0.2, 0) is 42.9 Å². The van der Waals surface area contributed by atoms with Gasteiger partial charge in [-0.1, -0.05) is 0 Å². The number of pyridine rings is 2. The first-order valence-corrected chi connectivity index (χ1v) is 22.5. The van der Waals surface area contributed by atoms with E-state index < -0.39 is 102 Å². The lowest BCUT2D eigenvalue weighted by atomic mass is 9.95. The topological polar surface area (TPSA) is 408 Å². The molecule has 0 aliphatic carbocycles. The first-order chi connectivity index (χ1) is 28.3. The Hall–Kier alpha value is -3.60. The summed E-state index contributed by atoms with van der Waals surface area (Å²) in [5.41, 5.74) is -3.69. The molecule has 0 aromatic carbocycles. The van der Waals surface area contributed by atoms with Crippen LogP contribution in [0.2, 0.25) is 0 Å². The molecule has 4 aliphatic rings. The summed E-state index contributed by atoms with van der Waals surface area (Å²) in [5.74, 6) is 0.490. The molecule has 3 saturated heterocycles. The number of amides is 2. The molecule has 7 rings (SSSR count). The highest BCUT2D eigenvalue weighted by molar-refractivity contribution is 7.66. The van der Waals surface area contributed by atoms with Gasteiger partial charge in [-0.3, -0.25) is 24.1 Å². The van der Waals surface area contributed by atoms with Gasteiger partial charge in [-0.15, -0.1) is 0 Å². The number of H-pyrrole nitrogens is 1. The first-order valence-electron chi connectivity index (χ1n) is 18.0. The van der Waals surface area contributed by atoms with Gasteiger partial charge in [0, 0.05) is 61.3 Å². The molecule has 338 valence electrons. The fourth-order valence-corrected chi connectivity index (χ4v) is 10.1. The molecule has 0 radical (unpaired) electrons. The number of fused-ring (bicyclic) bond motifs is 2. The molecule has 61 heavy (non-hydrogen) atoms. The molecular formula is C30H43N8O20P3. The second-order valence-electron chi connectivity index (χ2n) is 14.5. The summed E-state index contributed by atoms with van der Waals surface area (Å²) < 4.78 is 57.2. The number of aromatic nitrogens is 4. The van der Waals surface area contributed by atoms with Crippen molar-refractivity contribution in [2.24, 2.45) is 0 Å². The summed E-state index contributed by atoms with van der Waals surface area (Å²) in [7, 11) is -16.9. The zero-order valence-corrected chi connectivity index (χ0v) is 34.6. The van der Waals surface area contributed by atoms with Crippen LogP contribution in [0.5, 0.6) is 0 Å². The highest BCUT2D eigenvalue weighted by atomic mass is 31.3. The number of phosphoric acid groups is 3. The van der Waals surface area contributed by atoms with Crippen LogP contribution in [0.4, 0.5) is 16.3 Å². The van der Waals surface area contributed by atoms with Gasteiger partial charge in [0.2, 0.25) is 5.56 Å². The normalized spacial score (nSPS) is 31.2. The number of rotatable bonds is 11. The van der Waals surface area contributed by atoms with Gasteiger partial charge in [0.15, 0.2) is 12.5 Å². The Kier molecular flexibility index (Phi) is 13.5. The van der Waals surface area contributed by atoms with Crippen molar-refractivity contribution in [3.63, 3.8) is 0 Å². The number of phosphoric ester groups is 1. The van der Waals surface area contributed by atoms with E-state index in [-0.39, 0.29) is 17.6 Å². The monoisotopic (exact) mass is 928 g/mol. The third-order valence-corrected chi connectivity index (χ3v) is 13.8. The standard InChI is InChI=1S/C17H25N5O5.C13H18N3O15P3/c1-17(26)13(24)12(9-23)27-15(17)22-8-10-11(21-6-4-18-5-7-21)2-3-19-14(10)20-16(22)25;1-13(20)9(18)7(5-28-33(24,25)31-34(26,27)30-32(21,22)23)29-11(13)16-4-6-2-3-8(17)14-10(6)15-12(16)19/h2-3,12-13,15,18,23-24,26H,4-9H2,1H3,(H,19,20,25);2-4,7,9,11,18,20H,5H2,1H3,(H,24,25)(H,26,27)(H2,21,22,23)(H,14,15,17,19)/t12-,13-,15-,17-;7-,9-,11?,13-/m11/s1. The fraction of sp³-hybridized carbons (Fsp3) is 0.567. The van der Waals surface area contributed by atoms with Crippen molar-refractivity contribution in [2.45, 2.75) is 68.5 Å². The van der Waals surface area contributed by atoms with E-state index in [0.29, 0.717) is 5.82 Å². The Bertz CT molecular complexity index is 2390. The van der Waals surface area contributed by atoms with E-state index in [0.717, 1.165) is 61.2 Å². The zero-order chi connectivity index (χ0) is 44.9. The number of hydrogen-bond donors (Lipinski definition) is 12. The van der Waals surface area contributed by atoms with Crippen LogP contribution >= 0.6 is 23.5 Å². The van der Waals surface area contributed by atoms with Crippen molar-refractivity contribution >= 4 is 52.0 Å². The lowest BCUT2D eigenvalue weighted by Gasteiger charge is -2.40. The molecule has 7 heterocycles. The third-order valence-electron chi connectivity index (χ3n) is 9.98. The molecule has 3 unspecified atom stereocenters. The SMILES string of the molecule is C[C@@]1(O)[C@H](O)[C@@H](CO)O[C@H]1N1Cc2c(N3CCNCC3)ccnc2NC1=O.C[C@]1(O)C(n2cc3ccc(=O)[nH]c3nc2=O)O[C@H](COP(=O)(O)OP(=O)(O)OP(=O)(O)O)[C@H]1O. The minimum Gasteiger partial charge on any atom is -0.394 e. The quantitative estimate of drug-likeness (QED) is 0.0859. The molecule has 4 aliphatic heterocycles. The van der Waals surface area contributed by atoms with Gasteiger partial charge < -0.3 is 69.8 Å². The zero-order valence-electron chi connectivity index (χ0n) is 31.9. The average molecular weight is 929 g/mol. The van der Waals surface area contributed by atoms with Crippen LogP contribution in [0, 0.1) is 0 Å². The number of carbonyl (C=O) groups excluding carboxylic acids is 1. The summed E-state index contributed by atoms with van der Waals surface area (Å²) in [6.07, 6.45) is -5.62. The maximum Gasteiger partial charge on any atom is 0.490 e. The van der Waals surface area contributed by atoms with Crippen molar-refractivity contribution in [3.05, 3.63) is 57.0 Å². The number of nitrogens with zero attached hydrogens (tertiary/aromatic N) is 5. The lowest BCUT2D eigenvalue weighted by Crippen LogP contribution is -2.57. The highest BCUT2D eigenvalue weighted by Gasteiger charge is 2.56. The number of aliphatic hydroxyl groups excluding tert-OH is 3. The van der Waals surface area contributed by atoms with Gasteiger partial charge in [-0.2, -0.15) is 13.6 Å². The van der Waals surface area contributed by atoms with Crippen molar-refractivity contribution in [1.82, 2.24) is 29.7 Å². The fourth-order valence-electron chi connectivity index (χ4n) is 7.03. The number of nitrogens with one attached hydrogen (secondary N) is 3. The minimum atomic E-state index is -5.76. The van der Waals surface area contributed by atoms with Gasteiger partial charge >= 0.3 is 35.2 Å². The van der Waals surface area contributed by atoms with E-state index >= 15 is 0 Å². The Morgan fingerprint density at radius 1 is 0.902 bits per heavy atom. The van der Waals surface area contributed by atoms with E-state index in [1.807, 2.05) is 6.07 Å². The van der Waals surface area contributed by atoms with E-state index in [2.05, 4.69) is 43.6 Å². The summed E-state index contributed by atoms with van der Waals surface area (Å²) >= 11 is 0. The smallest absolute Gasteiger partial charge is 0.394 e. The molecule has 0 spiro atoms. The van der Waals surface area contributed by atoms with E-state index in [1.54, 1.807) is 6.20 Å². The summed E-state index contributed by atoms with van der Waals surface area (Å²) in [5, 5.41) is 57.7. The molecule has 28 nitrogen and oxygen atoms in total. The van der Waals surface area contributed by atoms with Crippen LogP contribution in [0.25, 0.3) is 11.0 Å². The van der Waals surface area contributed by atoms with Gasteiger partial charge in [-0.05, 0) is 26.0 Å². The number of ether oxygens (including phenoxy) is 2. The van der Waals surface area contributed by atoms with Gasteiger partial charge in [-0.25, -0.2) is 28.3 Å². The van der Waals surface area contributed by atoms with Crippen molar-refractivity contribution in [3.8, 4) is 0 Å². The minimum absolute atomic E-state index is 0.0591. The third kappa shape index (κ3) is 10.3. The summed E-state index contributed by atoms with van der Waals surface area (Å²) in [6, 6.07) is 3.92. The molecule has 0 bridgehead atoms. The van der Waals surface area contributed by atoms with Crippen LogP contribution in [0.1, 0.15) is 25.6 Å². The molecule has 3 fully saturated rings. The van der Waals surface area contributed by atoms with Crippen molar-refractivity contribution in [2.75, 3.05) is 49.6 Å². The van der Waals surface area contributed by atoms with E-state index in [9.17, 15) is 58.5 Å². The second kappa shape index (κ2) is 17.5. The van der Waals surface area contributed by atoms with Crippen LogP contribution < -0.4 is 26.8 Å². The van der Waals surface area contributed by atoms with E-state index in [4.69, 9.17) is 24.2 Å². The maximum atomic E-state index is 12.6. The number of aliphatic hydroxyl groups is 5. The Morgan fingerprint density at radius 2 is 1.54 bits per heavy atom. The van der Waals surface area contributed by atoms with Crippen LogP contribution in [0.3, 0.4) is 0 Å². The Labute approximate surface area is 342 Å². The predicted molar refractivity (Wildman–Crippen MR) is 203 cm³/mol. The van der Waals surface area contributed by atoms with Crippen LogP contribution in [-0.4, -0.2) is 157 Å². The number of urea groups is 1. The largest absolute Gasteiger partial charge is 0.490 e. The predicted octanol–water partition coefficient (Wildman–Crippen LogP) is -2.89. The molecule has 0 saturated carbocycles. The summed E-state index contributed by atoms with van der Waals surface area (Å²) in [4.78, 5) is 86.0. The number of aromatic amines is 1. The van der Waals surface area contributed by atoms with Gasteiger partial charge in [0.05, 0.1) is 19.8 Å².